The van der Waals surface area contributed by atoms with Crippen LogP contribution in [0.4, 0.5) is 5.82 Å². The molecule has 1 heterocycles. The van der Waals surface area contributed by atoms with E-state index < -0.39 is 0 Å². The smallest absolute Gasteiger partial charge is 0.151 e. The van der Waals surface area contributed by atoms with Crippen molar-refractivity contribution >= 4 is 5.82 Å². The van der Waals surface area contributed by atoms with E-state index in [0.29, 0.717) is 6.04 Å². The first-order valence-electron chi connectivity index (χ1n) is 4.30. The molecule has 0 spiro atoms. The van der Waals surface area contributed by atoms with Gasteiger partial charge >= 0.3 is 0 Å². The number of hydrogen-bond donors (Lipinski definition) is 0. The van der Waals surface area contributed by atoms with E-state index in [1.54, 1.807) is 6.20 Å². The summed E-state index contributed by atoms with van der Waals surface area (Å²) >= 11 is 0. The summed E-state index contributed by atoms with van der Waals surface area (Å²) in [7, 11) is 0. The van der Waals surface area contributed by atoms with E-state index in [2.05, 4.69) is 35.9 Å². The lowest BCUT2D eigenvalue weighted by molar-refractivity contribution is 0.686. The minimum absolute atomic E-state index is 0.478. The molecule has 3 nitrogen and oxygen atoms in total. The molecule has 0 atom stereocenters. The fourth-order valence-electron chi connectivity index (χ4n) is 1.24. The Morgan fingerprint density at radius 3 is 2.67 bits per heavy atom. The van der Waals surface area contributed by atoms with Crippen LogP contribution in [-0.2, 0) is 0 Å². The maximum absolute atomic E-state index is 4.05. The summed E-state index contributed by atoms with van der Waals surface area (Å²) in [5.74, 6) is 0.954. The van der Waals surface area contributed by atoms with Crippen LogP contribution in [0.5, 0.6) is 0 Å². The number of anilines is 1. The topological polar surface area (TPSA) is 29.0 Å². The van der Waals surface area contributed by atoms with Crippen molar-refractivity contribution in [1.82, 2.24) is 10.2 Å². The maximum atomic E-state index is 4.05. The largest absolute Gasteiger partial charge is 0.353 e. The van der Waals surface area contributed by atoms with Gasteiger partial charge in [0.2, 0.25) is 0 Å². The van der Waals surface area contributed by atoms with Gasteiger partial charge in [-0.25, -0.2) is 0 Å². The number of hydrogen-bond acceptors (Lipinski definition) is 3. The average Bonchev–Trinajstić information content (AvgIpc) is 2.07. The maximum Gasteiger partial charge on any atom is 0.151 e. The zero-order chi connectivity index (χ0) is 8.97. The molecule has 0 bridgehead atoms. The summed E-state index contributed by atoms with van der Waals surface area (Å²) in [5.41, 5.74) is 0. The molecular formula is C9H15N3. The van der Waals surface area contributed by atoms with E-state index in [0.717, 1.165) is 12.4 Å². The zero-order valence-corrected chi connectivity index (χ0v) is 7.86. The van der Waals surface area contributed by atoms with Crippen molar-refractivity contribution in [3.8, 4) is 0 Å². The van der Waals surface area contributed by atoms with Gasteiger partial charge in [-0.3, -0.25) is 0 Å². The van der Waals surface area contributed by atoms with Crippen LogP contribution in [0.2, 0.25) is 0 Å². The molecule has 0 aliphatic carbocycles. The van der Waals surface area contributed by atoms with Crippen LogP contribution in [0, 0.1) is 0 Å². The summed E-state index contributed by atoms with van der Waals surface area (Å²) in [4.78, 5) is 2.20. The molecule has 1 aromatic heterocycles. The minimum Gasteiger partial charge on any atom is -0.353 e. The number of nitrogens with zero attached hydrogens (tertiary/aromatic N) is 3. The van der Waals surface area contributed by atoms with Gasteiger partial charge in [-0.15, -0.1) is 5.10 Å². The van der Waals surface area contributed by atoms with Crippen LogP contribution in [-0.4, -0.2) is 22.8 Å². The molecule has 0 saturated carbocycles. The minimum atomic E-state index is 0.478. The van der Waals surface area contributed by atoms with E-state index in [-0.39, 0.29) is 0 Å². The average molecular weight is 165 g/mol. The fourth-order valence-corrected chi connectivity index (χ4v) is 1.24. The van der Waals surface area contributed by atoms with E-state index in [1.807, 2.05) is 12.1 Å². The molecule has 0 aromatic carbocycles. The van der Waals surface area contributed by atoms with Gasteiger partial charge < -0.3 is 4.90 Å². The highest BCUT2D eigenvalue weighted by molar-refractivity contribution is 5.36. The molecule has 0 radical (unpaired) electrons. The van der Waals surface area contributed by atoms with E-state index in [1.165, 1.54) is 0 Å². The highest BCUT2D eigenvalue weighted by Crippen LogP contribution is 2.10. The third-order valence-electron chi connectivity index (χ3n) is 1.82. The lowest BCUT2D eigenvalue weighted by Crippen LogP contribution is -2.31. The predicted molar refractivity (Wildman–Crippen MR) is 50.2 cm³/mol. The predicted octanol–water partition coefficient (Wildman–Crippen LogP) is 1.71. The Bertz CT molecular complexity index is 220. The van der Waals surface area contributed by atoms with Gasteiger partial charge in [0.1, 0.15) is 0 Å². The van der Waals surface area contributed by atoms with E-state index in [4.69, 9.17) is 0 Å². The van der Waals surface area contributed by atoms with Gasteiger partial charge in [-0.2, -0.15) is 5.10 Å². The van der Waals surface area contributed by atoms with Crippen molar-refractivity contribution in [2.45, 2.75) is 26.8 Å². The Morgan fingerprint density at radius 1 is 1.50 bits per heavy atom. The third-order valence-corrected chi connectivity index (χ3v) is 1.82. The van der Waals surface area contributed by atoms with Crippen molar-refractivity contribution < 1.29 is 0 Å². The molecule has 12 heavy (non-hydrogen) atoms. The van der Waals surface area contributed by atoms with E-state index >= 15 is 0 Å². The molecule has 1 rings (SSSR count). The second-order valence-electron chi connectivity index (χ2n) is 2.96. The Kier molecular flexibility index (Phi) is 3.02. The van der Waals surface area contributed by atoms with Gasteiger partial charge in [-0.05, 0) is 32.9 Å². The van der Waals surface area contributed by atoms with Crippen LogP contribution in [0.25, 0.3) is 0 Å². The van der Waals surface area contributed by atoms with Gasteiger partial charge in [-0.1, -0.05) is 0 Å². The second kappa shape index (κ2) is 4.04. The van der Waals surface area contributed by atoms with Gasteiger partial charge in [0.15, 0.2) is 5.82 Å². The molecule has 0 aliphatic rings. The Labute approximate surface area is 73.4 Å². The summed E-state index contributed by atoms with van der Waals surface area (Å²) in [6.45, 7) is 7.39. The van der Waals surface area contributed by atoms with Crippen LogP contribution >= 0.6 is 0 Å². The van der Waals surface area contributed by atoms with Gasteiger partial charge in [0.05, 0.1) is 0 Å². The second-order valence-corrected chi connectivity index (χ2v) is 2.96. The first-order valence-corrected chi connectivity index (χ1v) is 4.30. The van der Waals surface area contributed by atoms with Crippen LogP contribution in [0.15, 0.2) is 18.3 Å². The van der Waals surface area contributed by atoms with E-state index in [9.17, 15) is 0 Å². The molecule has 0 fully saturated rings. The number of aromatic nitrogens is 2. The van der Waals surface area contributed by atoms with Crippen molar-refractivity contribution in [1.29, 1.82) is 0 Å². The first-order chi connectivity index (χ1) is 5.75. The SMILES string of the molecule is CCN(c1cccnn1)C(C)C. The third kappa shape index (κ3) is 1.94. The fraction of sp³-hybridized carbons (Fsp3) is 0.556. The van der Waals surface area contributed by atoms with Crippen LogP contribution < -0.4 is 4.90 Å². The standard InChI is InChI=1S/C9H15N3/c1-4-12(8(2)3)9-6-5-7-10-11-9/h5-8H,4H2,1-3H3. The summed E-state index contributed by atoms with van der Waals surface area (Å²) < 4.78 is 0. The van der Waals surface area contributed by atoms with Gasteiger partial charge in [0.25, 0.3) is 0 Å². The van der Waals surface area contributed by atoms with Crippen LogP contribution in [0.1, 0.15) is 20.8 Å². The molecule has 66 valence electrons. The molecule has 1 aromatic rings. The Hall–Kier alpha value is -1.12. The quantitative estimate of drug-likeness (QED) is 0.682. The molecular weight excluding hydrogens is 150 g/mol. The first kappa shape index (κ1) is 8.97. The molecule has 0 saturated heterocycles. The van der Waals surface area contributed by atoms with Crippen molar-refractivity contribution in [3.63, 3.8) is 0 Å². The lowest BCUT2D eigenvalue weighted by atomic mass is 10.3. The van der Waals surface area contributed by atoms with Crippen LogP contribution in [0.3, 0.4) is 0 Å². The monoisotopic (exact) mass is 165 g/mol. The highest BCUT2D eigenvalue weighted by atomic mass is 15.3. The zero-order valence-electron chi connectivity index (χ0n) is 7.86. The lowest BCUT2D eigenvalue weighted by Gasteiger charge is -2.25. The molecule has 3 heteroatoms. The molecule has 0 N–H and O–H groups in total. The molecule has 0 unspecified atom stereocenters. The number of rotatable bonds is 3. The normalized spacial score (nSPS) is 10.3. The van der Waals surface area contributed by atoms with Crippen molar-refractivity contribution in [2.75, 3.05) is 11.4 Å². The van der Waals surface area contributed by atoms with Crippen molar-refractivity contribution in [3.05, 3.63) is 18.3 Å². The highest BCUT2D eigenvalue weighted by Gasteiger charge is 2.08. The summed E-state index contributed by atoms with van der Waals surface area (Å²) in [6, 6.07) is 4.37. The molecule has 0 amide bonds. The van der Waals surface area contributed by atoms with Gasteiger partial charge in [0, 0.05) is 18.8 Å². The summed E-state index contributed by atoms with van der Waals surface area (Å²) in [5, 5.41) is 7.89. The molecule has 0 aliphatic heterocycles. The van der Waals surface area contributed by atoms with Crippen molar-refractivity contribution in [2.24, 2.45) is 0 Å². The Morgan fingerprint density at radius 2 is 2.25 bits per heavy atom. The summed E-state index contributed by atoms with van der Waals surface area (Å²) in [6.07, 6.45) is 1.69. The Balaban J connectivity index is 2.80.